The largest absolute Gasteiger partial charge is 0.472 e. The van der Waals surface area contributed by atoms with Gasteiger partial charge in [-0.2, -0.15) is 0 Å². The van der Waals surface area contributed by atoms with Crippen LogP contribution in [0.2, 0.25) is 0 Å². The van der Waals surface area contributed by atoms with E-state index in [1.807, 2.05) is 0 Å². The maximum absolute atomic E-state index is 13.1. The predicted molar refractivity (Wildman–Crippen MR) is 418 cm³/mol. The first-order valence-electron chi connectivity index (χ1n) is 42.8. The zero-order chi connectivity index (χ0) is 75.3. The van der Waals surface area contributed by atoms with E-state index in [9.17, 15) is 43.2 Å². The number of rotatable bonds is 80. The Bertz CT molecular complexity index is 1990. The van der Waals surface area contributed by atoms with Gasteiger partial charge in [-0.3, -0.25) is 37.3 Å². The van der Waals surface area contributed by atoms with Crippen molar-refractivity contribution in [1.29, 1.82) is 0 Å². The molecule has 102 heavy (non-hydrogen) atoms. The summed E-state index contributed by atoms with van der Waals surface area (Å²) in [7, 11) is -9.92. The number of hydrogen-bond acceptors (Lipinski definition) is 15. The van der Waals surface area contributed by atoms with E-state index >= 15 is 0 Å². The molecule has 0 heterocycles. The minimum absolute atomic E-state index is 0.104. The molecule has 19 heteroatoms. The summed E-state index contributed by atoms with van der Waals surface area (Å²) < 4.78 is 68.7. The molecular weight excluding hydrogens is 1330 g/mol. The molecule has 0 rings (SSSR count). The van der Waals surface area contributed by atoms with Crippen LogP contribution in [0.1, 0.15) is 428 Å². The Morgan fingerprint density at radius 3 is 0.696 bits per heavy atom. The molecule has 0 aliphatic heterocycles. The molecule has 0 aromatic heterocycles. The van der Waals surface area contributed by atoms with Gasteiger partial charge in [-0.05, 0) is 49.4 Å². The van der Waals surface area contributed by atoms with Gasteiger partial charge >= 0.3 is 39.5 Å². The van der Waals surface area contributed by atoms with Crippen LogP contribution in [0, 0.1) is 23.7 Å². The van der Waals surface area contributed by atoms with E-state index < -0.39 is 97.5 Å². The summed E-state index contributed by atoms with van der Waals surface area (Å²) >= 11 is 0. The van der Waals surface area contributed by atoms with Crippen LogP contribution in [0.15, 0.2) is 0 Å². The van der Waals surface area contributed by atoms with Crippen LogP contribution >= 0.6 is 15.6 Å². The SMILES string of the molecule is CCC(C)CCCCCCCCCCCCCCCCCCCCC(=O)O[C@H](COC(=O)CCCCCCCCCCCCCCCCC(C)CC)COP(=O)(O)OCC(O)COP(=O)(O)OC[C@@H](COC(=O)CCCCCCCCCC(C)C)OC(=O)CCCCCCCCCCC(C)CC. The molecule has 3 N–H and O–H groups in total. The predicted octanol–water partition coefficient (Wildman–Crippen LogP) is 24.8. The standard InChI is InChI=1S/C83H162O17P2/c1-9-74(6)60-52-44-36-28-24-20-16-14-12-13-15-17-23-27-31-40-49-57-65-82(87)99-78(69-93-80(85)63-55-47-39-30-26-22-19-18-21-25-29-37-45-53-61-75(7)10-2)71-97-101(89,90)95-67-77(84)68-96-102(91,92)98-72-79(70-94-81(86)64-56-48-42-34-35-43-51-59-73(4)5)100-83(88)66-58-50-41-33-32-38-46-54-62-76(8)11-3/h73-79,84H,9-72H2,1-8H3,(H,89,90)(H,91,92)/t74?,75?,76?,77?,78-,79-/m1/s1. The fraction of sp³-hybridized carbons (Fsp3) is 0.952. The summed E-state index contributed by atoms with van der Waals surface area (Å²) in [5.74, 6) is 1.08. The van der Waals surface area contributed by atoms with Crippen molar-refractivity contribution in [3.05, 3.63) is 0 Å². The topological polar surface area (TPSA) is 237 Å². The third-order valence-corrected chi connectivity index (χ3v) is 22.3. The van der Waals surface area contributed by atoms with E-state index in [4.69, 9.17) is 37.0 Å². The molecule has 17 nitrogen and oxygen atoms in total. The lowest BCUT2D eigenvalue weighted by Gasteiger charge is -2.21. The summed E-state index contributed by atoms with van der Waals surface area (Å²) in [6.07, 6.45) is 59.7. The van der Waals surface area contributed by atoms with Gasteiger partial charge in [0.15, 0.2) is 12.2 Å². The van der Waals surface area contributed by atoms with Gasteiger partial charge in [0.2, 0.25) is 0 Å². The maximum Gasteiger partial charge on any atom is 0.472 e. The van der Waals surface area contributed by atoms with Crippen LogP contribution < -0.4 is 0 Å². The van der Waals surface area contributed by atoms with Gasteiger partial charge in [-0.25, -0.2) is 9.13 Å². The molecular formula is C83H162O17P2. The van der Waals surface area contributed by atoms with Gasteiger partial charge in [0, 0.05) is 25.7 Å². The highest BCUT2D eigenvalue weighted by atomic mass is 31.2. The second kappa shape index (κ2) is 72.0. The number of ether oxygens (including phenoxy) is 4. The monoisotopic (exact) mass is 1490 g/mol. The van der Waals surface area contributed by atoms with Gasteiger partial charge in [-0.15, -0.1) is 0 Å². The fourth-order valence-corrected chi connectivity index (χ4v) is 14.3. The van der Waals surface area contributed by atoms with E-state index in [0.29, 0.717) is 31.6 Å². The quantitative estimate of drug-likeness (QED) is 0.0222. The van der Waals surface area contributed by atoms with Gasteiger partial charge in [-0.1, -0.05) is 376 Å². The van der Waals surface area contributed by atoms with E-state index in [1.54, 1.807) is 0 Å². The Morgan fingerprint density at radius 2 is 0.471 bits per heavy atom. The number of carbonyl (C=O) groups is 4. The number of hydrogen-bond donors (Lipinski definition) is 3. The lowest BCUT2D eigenvalue weighted by molar-refractivity contribution is -0.161. The van der Waals surface area contributed by atoms with Crippen LogP contribution in [0.25, 0.3) is 0 Å². The Morgan fingerprint density at radius 1 is 0.275 bits per heavy atom. The molecule has 0 spiro atoms. The van der Waals surface area contributed by atoms with Crippen LogP contribution in [0.5, 0.6) is 0 Å². The van der Waals surface area contributed by atoms with Gasteiger partial charge < -0.3 is 33.8 Å². The van der Waals surface area contributed by atoms with Crippen molar-refractivity contribution in [3.8, 4) is 0 Å². The lowest BCUT2D eigenvalue weighted by Crippen LogP contribution is -2.30. The summed E-state index contributed by atoms with van der Waals surface area (Å²) in [5.41, 5.74) is 0. The average molecular weight is 1490 g/mol. The van der Waals surface area contributed by atoms with E-state index in [1.165, 1.54) is 225 Å². The molecule has 0 radical (unpaired) electrons. The van der Waals surface area contributed by atoms with Gasteiger partial charge in [0.05, 0.1) is 26.4 Å². The first-order chi connectivity index (χ1) is 49.2. The summed E-state index contributed by atoms with van der Waals surface area (Å²) in [4.78, 5) is 73.0. The highest BCUT2D eigenvalue weighted by Crippen LogP contribution is 2.45. The third-order valence-electron chi connectivity index (χ3n) is 20.4. The molecule has 0 fully saturated rings. The van der Waals surface area contributed by atoms with Crippen molar-refractivity contribution in [1.82, 2.24) is 0 Å². The van der Waals surface area contributed by atoms with Crippen molar-refractivity contribution in [3.63, 3.8) is 0 Å². The zero-order valence-corrected chi connectivity index (χ0v) is 69.0. The smallest absolute Gasteiger partial charge is 0.462 e. The van der Waals surface area contributed by atoms with Crippen molar-refractivity contribution in [2.45, 2.75) is 446 Å². The average Bonchev–Trinajstić information content (AvgIpc) is 0.909. The Hall–Kier alpha value is -1.94. The van der Waals surface area contributed by atoms with E-state index in [-0.39, 0.29) is 25.7 Å². The number of phosphoric ester groups is 2. The Labute approximate surface area is 626 Å². The van der Waals surface area contributed by atoms with Crippen molar-refractivity contribution in [2.24, 2.45) is 23.7 Å². The number of aliphatic hydroxyl groups excluding tert-OH is 1. The third kappa shape index (κ3) is 72.3. The highest BCUT2D eigenvalue weighted by Gasteiger charge is 2.30. The number of esters is 4. The second-order valence-electron chi connectivity index (χ2n) is 31.1. The van der Waals surface area contributed by atoms with Crippen molar-refractivity contribution >= 4 is 39.5 Å². The first-order valence-corrected chi connectivity index (χ1v) is 45.8. The summed E-state index contributed by atoms with van der Waals surface area (Å²) in [5, 5.41) is 10.6. The Balaban J connectivity index is 5.22. The Kier molecular flexibility index (Phi) is 70.6. The highest BCUT2D eigenvalue weighted by molar-refractivity contribution is 7.47. The lowest BCUT2D eigenvalue weighted by atomic mass is 9.99. The molecule has 0 saturated carbocycles. The molecule has 0 bridgehead atoms. The minimum Gasteiger partial charge on any atom is -0.462 e. The van der Waals surface area contributed by atoms with E-state index in [0.717, 1.165) is 114 Å². The maximum atomic E-state index is 13.1. The summed E-state index contributed by atoms with van der Waals surface area (Å²) in [6, 6.07) is 0. The second-order valence-corrected chi connectivity index (χ2v) is 34.0. The molecule has 0 aromatic carbocycles. The van der Waals surface area contributed by atoms with Crippen LogP contribution in [-0.2, 0) is 65.4 Å². The molecule has 6 unspecified atom stereocenters. The molecule has 0 aliphatic rings. The van der Waals surface area contributed by atoms with Gasteiger partial charge in [0.1, 0.15) is 19.3 Å². The molecule has 0 aromatic rings. The van der Waals surface area contributed by atoms with Crippen LogP contribution in [-0.4, -0.2) is 96.7 Å². The fourth-order valence-electron chi connectivity index (χ4n) is 12.7. The number of carbonyl (C=O) groups excluding carboxylic acids is 4. The first kappa shape index (κ1) is 100. The van der Waals surface area contributed by atoms with Crippen molar-refractivity contribution in [2.75, 3.05) is 39.6 Å². The minimum atomic E-state index is -4.96. The zero-order valence-electron chi connectivity index (χ0n) is 67.2. The molecule has 606 valence electrons. The molecule has 0 amide bonds. The molecule has 8 atom stereocenters. The number of unbranched alkanes of at least 4 members (excludes halogenated alkanes) is 43. The number of aliphatic hydroxyl groups is 1. The number of phosphoric acid groups is 2. The van der Waals surface area contributed by atoms with E-state index in [2.05, 4.69) is 55.4 Å². The normalized spacial score (nSPS) is 14.8. The van der Waals surface area contributed by atoms with Crippen LogP contribution in [0.3, 0.4) is 0 Å². The van der Waals surface area contributed by atoms with Gasteiger partial charge in [0.25, 0.3) is 0 Å². The molecule has 0 saturated heterocycles. The van der Waals surface area contributed by atoms with Crippen LogP contribution in [0.4, 0.5) is 0 Å². The molecule has 0 aliphatic carbocycles. The van der Waals surface area contributed by atoms with Crippen molar-refractivity contribution < 1.29 is 80.2 Å². The summed E-state index contributed by atoms with van der Waals surface area (Å²) in [6.45, 7) is 14.3.